The summed E-state index contributed by atoms with van der Waals surface area (Å²) < 4.78 is 0. The van der Waals surface area contributed by atoms with E-state index in [1.54, 1.807) is 0 Å². The number of aromatic nitrogens is 1. The van der Waals surface area contributed by atoms with Crippen LogP contribution in [0.3, 0.4) is 0 Å². The first-order valence-corrected chi connectivity index (χ1v) is 6.31. The Morgan fingerprint density at radius 3 is 2.47 bits per heavy atom. The van der Waals surface area contributed by atoms with Crippen LogP contribution in [-0.4, -0.2) is 36.6 Å². The number of hydrogen-bond acceptors (Lipinski definition) is 3. The molecular formula is C14H25N3. The maximum atomic E-state index is 4.17. The minimum atomic E-state index is 0.344. The third kappa shape index (κ3) is 4.84. The first-order chi connectivity index (χ1) is 8.00. The second kappa shape index (κ2) is 6.72. The van der Waals surface area contributed by atoms with E-state index in [9.17, 15) is 0 Å². The lowest BCUT2D eigenvalue weighted by atomic mass is 10.0. The molecule has 1 aromatic rings. The van der Waals surface area contributed by atoms with E-state index in [1.807, 2.05) is 18.5 Å². The third-order valence-corrected chi connectivity index (χ3v) is 3.02. The molecule has 2 unspecified atom stereocenters. The van der Waals surface area contributed by atoms with Crippen molar-refractivity contribution in [3.63, 3.8) is 0 Å². The van der Waals surface area contributed by atoms with Gasteiger partial charge in [-0.2, -0.15) is 0 Å². The number of rotatable bonds is 6. The van der Waals surface area contributed by atoms with Crippen molar-refractivity contribution in [3.8, 4) is 0 Å². The van der Waals surface area contributed by atoms with Crippen LogP contribution in [0.15, 0.2) is 24.5 Å². The highest BCUT2D eigenvalue weighted by molar-refractivity contribution is 5.13. The summed E-state index contributed by atoms with van der Waals surface area (Å²) in [5.74, 6) is 0.622. The highest BCUT2D eigenvalue weighted by Crippen LogP contribution is 2.14. The molecule has 0 spiro atoms. The highest BCUT2D eigenvalue weighted by atomic mass is 15.1. The Bertz CT molecular complexity index is 309. The Balaban J connectivity index is 2.61. The van der Waals surface area contributed by atoms with Gasteiger partial charge in [0.25, 0.3) is 0 Å². The highest BCUT2D eigenvalue weighted by Gasteiger charge is 2.17. The van der Waals surface area contributed by atoms with Gasteiger partial charge in [-0.05, 0) is 38.6 Å². The summed E-state index contributed by atoms with van der Waals surface area (Å²) in [5, 5.41) is 3.68. The Labute approximate surface area is 105 Å². The van der Waals surface area contributed by atoms with Crippen LogP contribution in [0, 0.1) is 5.92 Å². The molecule has 2 atom stereocenters. The number of nitrogens with zero attached hydrogens (tertiary/aromatic N) is 2. The van der Waals surface area contributed by atoms with Crippen LogP contribution >= 0.6 is 0 Å². The smallest absolute Gasteiger partial charge is 0.0315 e. The molecule has 0 amide bonds. The van der Waals surface area contributed by atoms with Crippen molar-refractivity contribution in [1.29, 1.82) is 0 Å². The van der Waals surface area contributed by atoms with Crippen LogP contribution in [0.25, 0.3) is 0 Å². The van der Waals surface area contributed by atoms with Crippen LogP contribution in [0.2, 0.25) is 0 Å². The van der Waals surface area contributed by atoms with E-state index < -0.39 is 0 Å². The van der Waals surface area contributed by atoms with E-state index in [4.69, 9.17) is 0 Å². The van der Waals surface area contributed by atoms with Crippen molar-refractivity contribution in [3.05, 3.63) is 30.1 Å². The van der Waals surface area contributed by atoms with Gasteiger partial charge >= 0.3 is 0 Å². The molecule has 0 bridgehead atoms. The molecule has 96 valence electrons. The predicted molar refractivity (Wildman–Crippen MR) is 73.0 cm³/mol. The van der Waals surface area contributed by atoms with Gasteiger partial charge in [0.2, 0.25) is 0 Å². The SMILES string of the molecule is CC(NC(CN(C)C)C(C)C)c1cccnc1. The summed E-state index contributed by atoms with van der Waals surface area (Å²) in [6.45, 7) is 7.78. The van der Waals surface area contributed by atoms with E-state index in [0.29, 0.717) is 18.0 Å². The minimum Gasteiger partial charge on any atom is -0.308 e. The quantitative estimate of drug-likeness (QED) is 0.820. The Morgan fingerprint density at radius 2 is 2.00 bits per heavy atom. The van der Waals surface area contributed by atoms with Gasteiger partial charge in [0.05, 0.1) is 0 Å². The molecule has 1 aromatic heterocycles. The lowest BCUT2D eigenvalue weighted by Crippen LogP contribution is -2.43. The van der Waals surface area contributed by atoms with Gasteiger partial charge in [-0.25, -0.2) is 0 Å². The van der Waals surface area contributed by atoms with Crippen molar-refractivity contribution < 1.29 is 0 Å². The molecule has 0 aliphatic carbocycles. The molecule has 1 heterocycles. The van der Waals surface area contributed by atoms with Crippen molar-refractivity contribution in [2.45, 2.75) is 32.9 Å². The van der Waals surface area contributed by atoms with Crippen molar-refractivity contribution in [2.75, 3.05) is 20.6 Å². The van der Waals surface area contributed by atoms with Crippen LogP contribution in [-0.2, 0) is 0 Å². The summed E-state index contributed by atoms with van der Waals surface area (Å²) in [5.41, 5.74) is 1.25. The molecule has 3 heteroatoms. The van der Waals surface area contributed by atoms with Crippen molar-refractivity contribution >= 4 is 0 Å². The van der Waals surface area contributed by atoms with E-state index in [0.717, 1.165) is 6.54 Å². The van der Waals surface area contributed by atoms with Crippen molar-refractivity contribution in [1.82, 2.24) is 15.2 Å². The third-order valence-electron chi connectivity index (χ3n) is 3.02. The number of pyridine rings is 1. The minimum absolute atomic E-state index is 0.344. The monoisotopic (exact) mass is 235 g/mol. The molecule has 0 aliphatic rings. The van der Waals surface area contributed by atoms with Gasteiger partial charge in [-0.15, -0.1) is 0 Å². The van der Waals surface area contributed by atoms with Crippen molar-refractivity contribution in [2.24, 2.45) is 5.92 Å². The first-order valence-electron chi connectivity index (χ1n) is 6.31. The predicted octanol–water partition coefficient (Wildman–Crippen LogP) is 2.32. The average molecular weight is 235 g/mol. The maximum absolute atomic E-state index is 4.17. The zero-order chi connectivity index (χ0) is 12.8. The lowest BCUT2D eigenvalue weighted by molar-refractivity contribution is 0.273. The Morgan fingerprint density at radius 1 is 1.29 bits per heavy atom. The molecule has 0 saturated heterocycles. The van der Waals surface area contributed by atoms with E-state index in [2.05, 4.69) is 56.1 Å². The second-order valence-electron chi connectivity index (χ2n) is 5.29. The number of likely N-dealkylation sites (N-methyl/N-ethyl adjacent to an activating group) is 1. The molecule has 3 nitrogen and oxygen atoms in total. The molecule has 0 radical (unpaired) electrons. The maximum Gasteiger partial charge on any atom is 0.0315 e. The number of hydrogen-bond donors (Lipinski definition) is 1. The van der Waals surface area contributed by atoms with Crippen LogP contribution in [0.5, 0.6) is 0 Å². The normalized spacial score (nSPS) is 15.2. The zero-order valence-corrected chi connectivity index (χ0v) is 11.6. The van der Waals surface area contributed by atoms with E-state index in [1.165, 1.54) is 5.56 Å². The van der Waals surface area contributed by atoms with E-state index >= 15 is 0 Å². The van der Waals surface area contributed by atoms with Gasteiger partial charge in [-0.3, -0.25) is 4.98 Å². The van der Waals surface area contributed by atoms with Gasteiger partial charge in [-0.1, -0.05) is 19.9 Å². The standard InChI is InChI=1S/C14H25N3/c1-11(2)14(10-17(4)5)16-12(3)13-7-6-8-15-9-13/h6-9,11-12,14,16H,10H2,1-5H3. The van der Waals surface area contributed by atoms with E-state index in [-0.39, 0.29) is 0 Å². The molecule has 0 aromatic carbocycles. The fourth-order valence-corrected chi connectivity index (χ4v) is 1.90. The fourth-order valence-electron chi connectivity index (χ4n) is 1.90. The van der Waals surface area contributed by atoms with Gasteiger partial charge in [0.1, 0.15) is 0 Å². The molecule has 0 aliphatic heterocycles. The number of nitrogens with one attached hydrogen (secondary N) is 1. The second-order valence-corrected chi connectivity index (χ2v) is 5.29. The van der Waals surface area contributed by atoms with Gasteiger partial charge in [0.15, 0.2) is 0 Å². The topological polar surface area (TPSA) is 28.2 Å². The lowest BCUT2D eigenvalue weighted by Gasteiger charge is -2.29. The Kier molecular flexibility index (Phi) is 5.59. The van der Waals surface area contributed by atoms with Crippen LogP contribution in [0.4, 0.5) is 0 Å². The summed E-state index contributed by atoms with van der Waals surface area (Å²) in [6.07, 6.45) is 3.75. The molecule has 0 fully saturated rings. The van der Waals surface area contributed by atoms with Gasteiger partial charge < -0.3 is 10.2 Å². The molecular weight excluding hydrogens is 210 g/mol. The molecule has 0 saturated carbocycles. The molecule has 17 heavy (non-hydrogen) atoms. The van der Waals surface area contributed by atoms with Crippen LogP contribution < -0.4 is 5.32 Å². The zero-order valence-electron chi connectivity index (χ0n) is 11.6. The summed E-state index contributed by atoms with van der Waals surface area (Å²) in [7, 11) is 4.23. The molecule has 1 N–H and O–H groups in total. The summed E-state index contributed by atoms with van der Waals surface area (Å²) >= 11 is 0. The Hall–Kier alpha value is -0.930. The fraction of sp³-hybridized carbons (Fsp3) is 0.643. The van der Waals surface area contributed by atoms with Crippen LogP contribution in [0.1, 0.15) is 32.4 Å². The largest absolute Gasteiger partial charge is 0.308 e. The summed E-state index contributed by atoms with van der Waals surface area (Å²) in [6, 6.07) is 4.96. The average Bonchev–Trinajstić information content (AvgIpc) is 2.28. The first kappa shape index (κ1) is 14.1. The van der Waals surface area contributed by atoms with Gasteiger partial charge in [0, 0.05) is 31.0 Å². The molecule has 1 rings (SSSR count). The summed E-state index contributed by atoms with van der Waals surface area (Å²) in [4.78, 5) is 6.40.